The topological polar surface area (TPSA) is 77.2 Å². The molecule has 1 amide bonds. The van der Waals surface area contributed by atoms with Crippen molar-refractivity contribution in [3.8, 4) is 17.0 Å². The maximum Gasteiger partial charge on any atom is 0.254 e. The zero-order valence-corrected chi connectivity index (χ0v) is 14.7. The minimum Gasteiger partial charge on any atom is -0.488 e. The van der Waals surface area contributed by atoms with Crippen LogP contribution in [-0.2, 0) is 6.42 Å². The van der Waals surface area contributed by atoms with Gasteiger partial charge in [-0.2, -0.15) is 0 Å². The molecule has 2 aromatic heterocycles. The average Bonchev–Trinajstić information content (AvgIpc) is 3.30. The number of furan rings is 1. The van der Waals surface area contributed by atoms with E-state index in [0.29, 0.717) is 12.1 Å². The Bertz CT molecular complexity index is 951. The molecule has 1 aliphatic heterocycles. The van der Waals surface area contributed by atoms with E-state index in [4.69, 9.17) is 9.15 Å². The number of ether oxygens (including phenoxy) is 1. The van der Waals surface area contributed by atoms with Crippen LogP contribution < -0.4 is 10.1 Å². The fourth-order valence-electron chi connectivity index (χ4n) is 3.09. The van der Waals surface area contributed by atoms with Crippen molar-refractivity contribution in [1.82, 2.24) is 15.3 Å². The van der Waals surface area contributed by atoms with Crippen LogP contribution in [0.2, 0.25) is 0 Å². The first-order valence-corrected chi connectivity index (χ1v) is 8.51. The van der Waals surface area contributed by atoms with Gasteiger partial charge in [0.25, 0.3) is 5.91 Å². The second kappa shape index (κ2) is 6.63. The Hall–Kier alpha value is -3.15. The van der Waals surface area contributed by atoms with Gasteiger partial charge in [0.2, 0.25) is 0 Å². The van der Waals surface area contributed by atoms with Crippen LogP contribution in [0.5, 0.6) is 5.75 Å². The van der Waals surface area contributed by atoms with Crippen LogP contribution in [0.15, 0.2) is 47.4 Å². The van der Waals surface area contributed by atoms with Gasteiger partial charge in [-0.25, -0.2) is 4.98 Å². The van der Waals surface area contributed by atoms with Gasteiger partial charge >= 0.3 is 0 Å². The summed E-state index contributed by atoms with van der Waals surface area (Å²) < 4.78 is 10.9. The van der Waals surface area contributed by atoms with Gasteiger partial charge in [-0.3, -0.25) is 9.78 Å². The molecule has 0 aliphatic carbocycles. The van der Waals surface area contributed by atoms with Crippen LogP contribution in [0.3, 0.4) is 0 Å². The number of amides is 1. The standard InChI is InChI=1S/C20H19N3O3/c1-12-9-21-13(2)19(23-12)14-3-4-18-16(7-14)8-17(26-18)10-22-20(24)15-5-6-25-11-15/h3-7,9,11,17H,8,10H2,1-2H3,(H,22,24)/t17-/m1/s1. The Balaban J connectivity index is 1.46. The lowest BCUT2D eigenvalue weighted by atomic mass is 10.0. The molecule has 26 heavy (non-hydrogen) atoms. The Kier molecular flexibility index (Phi) is 4.16. The third-order valence-corrected chi connectivity index (χ3v) is 4.42. The number of hydrogen-bond acceptors (Lipinski definition) is 5. The third kappa shape index (κ3) is 3.18. The monoisotopic (exact) mass is 349 g/mol. The maximum absolute atomic E-state index is 12.0. The van der Waals surface area contributed by atoms with Crippen molar-refractivity contribution in [2.45, 2.75) is 26.4 Å². The molecule has 1 N–H and O–H groups in total. The quantitative estimate of drug-likeness (QED) is 0.783. The molecule has 132 valence electrons. The number of benzene rings is 1. The molecule has 0 spiro atoms. The summed E-state index contributed by atoms with van der Waals surface area (Å²) in [6.45, 7) is 4.34. The van der Waals surface area contributed by atoms with Crippen LogP contribution in [0.25, 0.3) is 11.3 Å². The highest BCUT2D eigenvalue weighted by molar-refractivity contribution is 5.93. The van der Waals surface area contributed by atoms with Gasteiger partial charge in [0.15, 0.2) is 0 Å². The lowest BCUT2D eigenvalue weighted by molar-refractivity contribution is 0.0933. The molecule has 3 heterocycles. The van der Waals surface area contributed by atoms with E-state index in [2.05, 4.69) is 21.4 Å². The molecule has 6 nitrogen and oxygen atoms in total. The van der Waals surface area contributed by atoms with Gasteiger partial charge in [0, 0.05) is 18.2 Å². The predicted octanol–water partition coefficient (Wildman–Crippen LogP) is 3.09. The van der Waals surface area contributed by atoms with E-state index in [9.17, 15) is 4.79 Å². The van der Waals surface area contributed by atoms with E-state index in [-0.39, 0.29) is 12.0 Å². The van der Waals surface area contributed by atoms with E-state index < -0.39 is 0 Å². The molecule has 1 aliphatic rings. The third-order valence-electron chi connectivity index (χ3n) is 4.42. The van der Waals surface area contributed by atoms with Crippen molar-refractivity contribution >= 4 is 5.91 Å². The van der Waals surface area contributed by atoms with Crippen molar-refractivity contribution in [3.63, 3.8) is 0 Å². The molecule has 1 atom stereocenters. The number of fused-ring (bicyclic) bond motifs is 1. The minimum atomic E-state index is -0.162. The molecule has 0 unspecified atom stereocenters. The first-order chi connectivity index (χ1) is 12.6. The number of rotatable bonds is 4. The Morgan fingerprint density at radius 3 is 3.00 bits per heavy atom. The van der Waals surface area contributed by atoms with Crippen LogP contribution >= 0.6 is 0 Å². The van der Waals surface area contributed by atoms with Crippen LogP contribution in [0, 0.1) is 13.8 Å². The number of aromatic nitrogens is 2. The highest BCUT2D eigenvalue weighted by Crippen LogP contribution is 2.33. The van der Waals surface area contributed by atoms with E-state index >= 15 is 0 Å². The van der Waals surface area contributed by atoms with Crippen molar-refractivity contribution in [2.75, 3.05) is 6.54 Å². The normalized spacial score (nSPS) is 15.4. The number of carbonyl (C=O) groups excluding carboxylic acids is 1. The fraction of sp³-hybridized carbons (Fsp3) is 0.250. The largest absolute Gasteiger partial charge is 0.488 e. The molecule has 6 heteroatoms. The molecular weight excluding hydrogens is 330 g/mol. The van der Waals surface area contributed by atoms with Crippen molar-refractivity contribution < 1.29 is 13.9 Å². The van der Waals surface area contributed by atoms with Gasteiger partial charge in [-0.05, 0) is 43.7 Å². The number of aryl methyl sites for hydroxylation is 2. The summed E-state index contributed by atoms with van der Waals surface area (Å²) in [5.41, 5.74) is 5.35. The summed E-state index contributed by atoms with van der Waals surface area (Å²) >= 11 is 0. The molecule has 0 saturated heterocycles. The van der Waals surface area contributed by atoms with Gasteiger partial charge in [0.1, 0.15) is 18.1 Å². The number of nitrogens with zero attached hydrogens (tertiary/aromatic N) is 2. The molecule has 0 radical (unpaired) electrons. The highest BCUT2D eigenvalue weighted by Gasteiger charge is 2.24. The van der Waals surface area contributed by atoms with Crippen molar-refractivity contribution in [3.05, 3.63) is 65.5 Å². The summed E-state index contributed by atoms with van der Waals surface area (Å²) in [6, 6.07) is 7.70. The Morgan fingerprint density at radius 2 is 2.19 bits per heavy atom. The molecule has 0 fully saturated rings. The van der Waals surface area contributed by atoms with Crippen molar-refractivity contribution in [1.29, 1.82) is 0 Å². The summed E-state index contributed by atoms with van der Waals surface area (Å²) in [5.74, 6) is 0.694. The van der Waals surface area contributed by atoms with Crippen LogP contribution in [-0.4, -0.2) is 28.5 Å². The number of carbonyl (C=O) groups is 1. The predicted molar refractivity (Wildman–Crippen MR) is 96.1 cm³/mol. The molecule has 3 aromatic rings. The van der Waals surface area contributed by atoms with Gasteiger partial charge in [-0.15, -0.1) is 0 Å². The smallest absolute Gasteiger partial charge is 0.254 e. The van der Waals surface area contributed by atoms with Gasteiger partial charge in [0.05, 0.1) is 35.5 Å². The average molecular weight is 349 g/mol. The molecule has 0 bridgehead atoms. The van der Waals surface area contributed by atoms with Gasteiger partial charge < -0.3 is 14.5 Å². The summed E-state index contributed by atoms with van der Waals surface area (Å²) in [4.78, 5) is 21.0. The fourth-order valence-corrected chi connectivity index (χ4v) is 3.09. The van der Waals surface area contributed by atoms with E-state index in [1.54, 1.807) is 12.3 Å². The molecule has 4 rings (SSSR count). The second-order valence-corrected chi connectivity index (χ2v) is 6.43. The van der Waals surface area contributed by atoms with E-state index in [1.807, 2.05) is 26.0 Å². The van der Waals surface area contributed by atoms with Crippen LogP contribution in [0.4, 0.5) is 0 Å². The maximum atomic E-state index is 12.0. The Labute approximate surface area is 151 Å². The van der Waals surface area contributed by atoms with Crippen molar-refractivity contribution in [2.24, 2.45) is 0 Å². The first kappa shape index (κ1) is 16.3. The lowest BCUT2D eigenvalue weighted by Crippen LogP contribution is -2.34. The zero-order valence-electron chi connectivity index (χ0n) is 14.7. The summed E-state index contributed by atoms with van der Waals surface area (Å²) in [5, 5.41) is 2.88. The first-order valence-electron chi connectivity index (χ1n) is 8.51. The lowest BCUT2D eigenvalue weighted by Gasteiger charge is -2.11. The second-order valence-electron chi connectivity index (χ2n) is 6.43. The summed E-state index contributed by atoms with van der Waals surface area (Å²) in [7, 11) is 0. The minimum absolute atomic E-state index is 0.0826. The van der Waals surface area contributed by atoms with Crippen LogP contribution in [0.1, 0.15) is 27.3 Å². The zero-order chi connectivity index (χ0) is 18.1. The summed E-state index contributed by atoms with van der Waals surface area (Å²) in [6.07, 6.45) is 5.34. The number of hydrogen-bond donors (Lipinski definition) is 1. The molecule has 0 saturated carbocycles. The Morgan fingerprint density at radius 1 is 1.31 bits per heavy atom. The molecule has 1 aromatic carbocycles. The SMILES string of the molecule is Cc1cnc(C)c(-c2ccc3c(c2)C[C@H](CNC(=O)c2ccoc2)O3)n1. The molecular formula is C20H19N3O3. The number of nitrogens with one attached hydrogen (secondary N) is 1. The highest BCUT2D eigenvalue weighted by atomic mass is 16.5. The van der Waals surface area contributed by atoms with E-state index in [1.165, 1.54) is 12.5 Å². The van der Waals surface area contributed by atoms with Gasteiger partial charge in [-0.1, -0.05) is 0 Å². The van der Waals surface area contributed by atoms with E-state index in [0.717, 1.165) is 40.4 Å².